The van der Waals surface area contributed by atoms with Gasteiger partial charge in [0.1, 0.15) is 16.5 Å². The number of carbonyl (C=O) groups excluding carboxylic acids is 1. The molecule has 112 valence electrons. The molecular formula is C15H13FN4OS. The lowest BCUT2D eigenvalue weighted by molar-refractivity contribution is 0.0941. The molecular weight excluding hydrogens is 303 g/mol. The maximum Gasteiger partial charge on any atom is 0.269 e. The van der Waals surface area contributed by atoms with Gasteiger partial charge in [0.15, 0.2) is 0 Å². The second-order valence-electron chi connectivity index (χ2n) is 4.66. The predicted octanol–water partition coefficient (Wildman–Crippen LogP) is 2.61. The van der Waals surface area contributed by atoms with Gasteiger partial charge in [0, 0.05) is 24.2 Å². The SMILES string of the molecule is Cn1nccc1C(=O)NCc1nc(-c2ccc(F)cc2)cs1. The number of nitrogens with zero attached hydrogens (tertiary/aromatic N) is 3. The number of halogens is 1. The van der Waals surface area contributed by atoms with Gasteiger partial charge in [-0.3, -0.25) is 9.48 Å². The van der Waals surface area contributed by atoms with Crippen LogP contribution in [0.3, 0.4) is 0 Å². The van der Waals surface area contributed by atoms with Crippen LogP contribution in [0.1, 0.15) is 15.5 Å². The normalized spacial score (nSPS) is 10.6. The minimum Gasteiger partial charge on any atom is -0.344 e. The maximum absolute atomic E-state index is 12.9. The Balaban J connectivity index is 1.66. The summed E-state index contributed by atoms with van der Waals surface area (Å²) in [5.41, 5.74) is 2.12. The molecule has 0 aliphatic heterocycles. The largest absolute Gasteiger partial charge is 0.344 e. The first kappa shape index (κ1) is 14.4. The third-order valence-corrected chi connectivity index (χ3v) is 3.99. The predicted molar refractivity (Wildman–Crippen MR) is 81.9 cm³/mol. The summed E-state index contributed by atoms with van der Waals surface area (Å²) in [6.45, 7) is 0.343. The Bertz CT molecular complexity index is 794. The zero-order chi connectivity index (χ0) is 15.5. The van der Waals surface area contributed by atoms with Crippen LogP contribution in [0.2, 0.25) is 0 Å². The van der Waals surface area contributed by atoms with E-state index in [1.54, 1.807) is 31.4 Å². The molecule has 22 heavy (non-hydrogen) atoms. The van der Waals surface area contributed by atoms with Crippen molar-refractivity contribution in [2.75, 3.05) is 0 Å². The van der Waals surface area contributed by atoms with E-state index in [0.29, 0.717) is 12.2 Å². The molecule has 0 bridgehead atoms. The molecule has 0 unspecified atom stereocenters. The Morgan fingerprint density at radius 1 is 1.32 bits per heavy atom. The molecule has 0 saturated heterocycles. The van der Waals surface area contributed by atoms with Crippen molar-refractivity contribution in [2.24, 2.45) is 7.05 Å². The van der Waals surface area contributed by atoms with E-state index >= 15 is 0 Å². The van der Waals surface area contributed by atoms with Crippen LogP contribution in [0.15, 0.2) is 41.9 Å². The summed E-state index contributed by atoms with van der Waals surface area (Å²) in [6.07, 6.45) is 1.57. The lowest BCUT2D eigenvalue weighted by Gasteiger charge is -2.03. The van der Waals surface area contributed by atoms with Gasteiger partial charge in [-0.15, -0.1) is 11.3 Å². The molecule has 0 atom stereocenters. The summed E-state index contributed by atoms with van der Waals surface area (Å²) in [5, 5.41) is 9.43. The van der Waals surface area contributed by atoms with Gasteiger partial charge in [-0.05, 0) is 30.3 Å². The van der Waals surface area contributed by atoms with Crippen molar-refractivity contribution in [3.8, 4) is 11.3 Å². The third-order valence-electron chi connectivity index (χ3n) is 3.15. The molecule has 7 heteroatoms. The van der Waals surface area contributed by atoms with E-state index in [4.69, 9.17) is 0 Å². The summed E-state index contributed by atoms with van der Waals surface area (Å²) < 4.78 is 14.4. The zero-order valence-corrected chi connectivity index (χ0v) is 12.6. The van der Waals surface area contributed by atoms with Crippen molar-refractivity contribution >= 4 is 17.2 Å². The molecule has 0 spiro atoms. The second-order valence-corrected chi connectivity index (χ2v) is 5.60. The van der Waals surface area contributed by atoms with Crippen molar-refractivity contribution in [3.63, 3.8) is 0 Å². The number of thiazole rings is 1. The van der Waals surface area contributed by atoms with Crippen LogP contribution in [0.5, 0.6) is 0 Å². The molecule has 0 radical (unpaired) electrons. The lowest BCUT2D eigenvalue weighted by atomic mass is 10.2. The first-order valence-electron chi connectivity index (χ1n) is 6.60. The van der Waals surface area contributed by atoms with E-state index in [0.717, 1.165) is 16.3 Å². The number of hydrogen-bond acceptors (Lipinski definition) is 4. The van der Waals surface area contributed by atoms with Gasteiger partial charge in [0.05, 0.1) is 12.2 Å². The van der Waals surface area contributed by atoms with Gasteiger partial charge in [-0.2, -0.15) is 5.10 Å². The number of hydrogen-bond donors (Lipinski definition) is 1. The standard InChI is InChI=1S/C15H13FN4OS/c1-20-13(6-7-18-20)15(21)17-8-14-19-12(9-22-14)10-2-4-11(16)5-3-10/h2-7,9H,8H2,1H3,(H,17,21). The van der Waals surface area contributed by atoms with E-state index in [-0.39, 0.29) is 11.7 Å². The monoisotopic (exact) mass is 316 g/mol. The lowest BCUT2D eigenvalue weighted by Crippen LogP contribution is -2.25. The molecule has 0 aliphatic rings. The van der Waals surface area contributed by atoms with Gasteiger partial charge in [0.2, 0.25) is 0 Å². The van der Waals surface area contributed by atoms with Crippen LogP contribution in [0.4, 0.5) is 4.39 Å². The highest BCUT2D eigenvalue weighted by Gasteiger charge is 2.11. The average Bonchev–Trinajstić information content (AvgIpc) is 3.14. The fourth-order valence-corrected chi connectivity index (χ4v) is 2.73. The fraction of sp³-hybridized carbons (Fsp3) is 0.133. The minimum absolute atomic E-state index is 0.196. The first-order chi connectivity index (χ1) is 10.6. The van der Waals surface area contributed by atoms with E-state index in [2.05, 4.69) is 15.4 Å². The summed E-state index contributed by atoms with van der Waals surface area (Å²) in [7, 11) is 1.71. The summed E-state index contributed by atoms with van der Waals surface area (Å²) in [5.74, 6) is -0.471. The van der Waals surface area contributed by atoms with Crippen LogP contribution >= 0.6 is 11.3 Å². The van der Waals surface area contributed by atoms with Crippen molar-refractivity contribution in [2.45, 2.75) is 6.54 Å². The maximum atomic E-state index is 12.9. The van der Waals surface area contributed by atoms with E-state index in [1.807, 2.05) is 5.38 Å². The summed E-state index contributed by atoms with van der Waals surface area (Å²) in [4.78, 5) is 16.4. The van der Waals surface area contributed by atoms with Crippen LogP contribution < -0.4 is 5.32 Å². The molecule has 0 aliphatic carbocycles. The van der Waals surface area contributed by atoms with Crippen molar-refractivity contribution in [1.29, 1.82) is 0 Å². The Hall–Kier alpha value is -2.54. The second kappa shape index (κ2) is 6.07. The van der Waals surface area contributed by atoms with Crippen molar-refractivity contribution in [3.05, 3.63) is 58.4 Å². The number of carbonyl (C=O) groups is 1. The highest BCUT2D eigenvalue weighted by atomic mass is 32.1. The number of amides is 1. The van der Waals surface area contributed by atoms with Crippen LogP contribution in [0, 0.1) is 5.82 Å². The minimum atomic E-state index is -0.275. The quantitative estimate of drug-likeness (QED) is 0.805. The Kier molecular flexibility index (Phi) is 3.97. The average molecular weight is 316 g/mol. The Morgan fingerprint density at radius 2 is 2.09 bits per heavy atom. The first-order valence-corrected chi connectivity index (χ1v) is 7.48. The molecule has 3 rings (SSSR count). The molecule has 2 aromatic heterocycles. The van der Waals surface area contributed by atoms with Gasteiger partial charge in [-0.25, -0.2) is 9.37 Å². The van der Waals surface area contributed by atoms with E-state index in [9.17, 15) is 9.18 Å². The molecule has 0 saturated carbocycles. The molecule has 0 fully saturated rings. The molecule has 2 heterocycles. The van der Waals surface area contributed by atoms with E-state index in [1.165, 1.54) is 28.2 Å². The van der Waals surface area contributed by atoms with Gasteiger partial charge in [-0.1, -0.05) is 0 Å². The van der Waals surface area contributed by atoms with Gasteiger partial charge >= 0.3 is 0 Å². The number of benzene rings is 1. The molecule has 1 amide bonds. The van der Waals surface area contributed by atoms with Crippen molar-refractivity contribution in [1.82, 2.24) is 20.1 Å². The fourth-order valence-electron chi connectivity index (χ4n) is 1.99. The van der Waals surface area contributed by atoms with Gasteiger partial charge < -0.3 is 5.32 Å². The number of aromatic nitrogens is 3. The highest BCUT2D eigenvalue weighted by molar-refractivity contribution is 7.09. The summed E-state index contributed by atoms with van der Waals surface area (Å²) >= 11 is 1.45. The number of rotatable bonds is 4. The number of nitrogens with one attached hydrogen (secondary N) is 1. The summed E-state index contributed by atoms with van der Waals surface area (Å²) in [6, 6.07) is 7.82. The highest BCUT2D eigenvalue weighted by Crippen LogP contribution is 2.22. The van der Waals surface area contributed by atoms with Crippen LogP contribution in [-0.4, -0.2) is 20.7 Å². The van der Waals surface area contributed by atoms with Crippen LogP contribution in [-0.2, 0) is 13.6 Å². The topological polar surface area (TPSA) is 59.8 Å². The third kappa shape index (κ3) is 3.04. The molecule has 5 nitrogen and oxygen atoms in total. The van der Waals surface area contributed by atoms with E-state index < -0.39 is 0 Å². The van der Waals surface area contributed by atoms with Gasteiger partial charge in [0.25, 0.3) is 5.91 Å². The number of aryl methyl sites for hydroxylation is 1. The molecule has 1 N–H and O–H groups in total. The van der Waals surface area contributed by atoms with Crippen LogP contribution in [0.25, 0.3) is 11.3 Å². The van der Waals surface area contributed by atoms with Crippen molar-refractivity contribution < 1.29 is 9.18 Å². The Labute approximate surface area is 130 Å². The molecule has 3 aromatic rings. The Morgan fingerprint density at radius 3 is 2.77 bits per heavy atom. The zero-order valence-electron chi connectivity index (χ0n) is 11.8. The smallest absolute Gasteiger partial charge is 0.269 e. The molecule has 1 aromatic carbocycles.